The predicted octanol–water partition coefficient (Wildman–Crippen LogP) is 2.90. The van der Waals surface area contributed by atoms with E-state index in [9.17, 15) is 4.79 Å². The van der Waals surface area contributed by atoms with Gasteiger partial charge in [-0.3, -0.25) is 4.79 Å². The van der Waals surface area contributed by atoms with E-state index >= 15 is 0 Å². The fourth-order valence-electron chi connectivity index (χ4n) is 1.91. The summed E-state index contributed by atoms with van der Waals surface area (Å²) in [6.45, 7) is 6.10. The van der Waals surface area contributed by atoms with Gasteiger partial charge in [0.2, 0.25) is 0 Å². The number of rotatable bonds is 3. The Morgan fingerprint density at radius 3 is 2.56 bits per heavy atom. The van der Waals surface area contributed by atoms with Gasteiger partial charge in [-0.2, -0.15) is 0 Å². The number of primary amides is 1. The Labute approximate surface area is 108 Å². The molecule has 4 N–H and O–H groups in total. The Kier molecular flexibility index (Phi) is 4.77. The SMILES string of the molecule is CC.CCc1ccc2c(C(N)=O)c(NC)[nH]c2c1. The molecule has 2 aromatic rings. The molecule has 0 radical (unpaired) electrons. The van der Waals surface area contributed by atoms with Crippen molar-refractivity contribution in [1.29, 1.82) is 0 Å². The molecule has 0 atom stereocenters. The van der Waals surface area contributed by atoms with Crippen molar-refractivity contribution < 1.29 is 4.79 Å². The van der Waals surface area contributed by atoms with Crippen molar-refractivity contribution in [3.63, 3.8) is 0 Å². The zero-order chi connectivity index (χ0) is 13.7. The molecule has 1 heterocycles. The Hall–Kier alpha value is -1.97. The molecule has 2 rings (SSSR count). The molecule has 98 valence electrons. The van der Waals surface area contributed by atoms with E-state index in [1.165, 1.54) is 5.56 Å². The molecule has 4 heteroatoms. The van der Waals surface area contributed by atoms with Crippen LogP contribution in [0.15, 0.2) is 18.2 Å². The number of anilines is 1. The molecule has 0 aliphatic rings. The fourth-order valence-corrected chi connectivity index (χ4v) is 1.91. The molecule has 0 fully saturated rings. The number of aromatic amines is 1. The summed E-state index contributed by atoms with van der Waals surface area (Å²) in [5.74, 6) is 0.260. The van der Waals surface area contributed by atoms with Crippen molar-refractivity contribution in [3.8, 4) is 0 Å². The summed E-state index contributed by atoms with van der Waals surface area (Å²) in [5, 5.41) is 3.82. The Bertz CT molecular complexity index is 543. The molecule has 0 spiro atoms. The first kappa shape index (κ1) is 14.1. The number of hydrogen-bond donors (Lipinski definition) is 3. The average Bonchev–Trinajstić information content (AvgIpc) is 2.78. The van der Waals surface area contributed by atoms with Crippen LogP contribution >= 0.6 is 0 Å². The highest BCUT2D eigenvalue weighted by Crippen LogP contribution is 2.26. The summed E-state index contributed by atoms with van der Waals surface area (Å²) >= 11 is 0. The molecule has 0 saturated heterocycles. The molecule has 0 bridgehead atoms. The van der Waals surface area contributed by atoms with E-state index in [-0.39, 0.29) is 0 Å². The number of amides is 1. The van der Waals surface area contributed by atoms with Crippen molar-refractivity contribution in [3.05, 3.63) is 29.3 Å². The average molecular weight is 247 g/mol. The fraction of sp³-hybridized carbons (Fsp3) is 0.357. The molecule has 1 aromatic heterocycles. The molecule has 4 nitrogen and oxygen atoms in total. The summed E-state index contributed by atoms with van der Waals surface area (Å²) in [4.78, 5) is 14.5. The molecule has 18 heavy (non-hydrogen) atoms. The summed E-state index contributed by atoms with van der Waals surface area (Å²) < 4.78 is 0. The molecule has 0 saturated carbocycles. The summed E-state index contributed by atoms with van der Waals surface area (Å²) in [7, 11) is 1.76. The Balaban J connectivity index is 0.000000771. The highest BCUT2D eigenvalue weighted by atomic mass is 16.1. The molecule has 0 aliphatic carbocycles. The van der Waals surface area contributed by atoms with Crippen molar-refractivity contribution in [1.82, 2.24) is 4.98 Å². The predicted molar refractivity (Wildman–Crippen MR) is 77.1 cm³/mol. The lowest BCUT2D eigenvalue weighted by atomic mass is 10.1. The van der Waals surface area contributed by atoms with E-state index in [1.807, 2.05) is 32.0 Å². The second-order valence-corrected chi connectivity index (χ2v) is 3.72. The third-order valence-corrected chi connectivity index (χ3v) is 2.77. The summed E-state index contributed by atoms with van der Waals surface area (Å²) in [6, 6.07) is 6.00. The van der Waals surface area contributed by atoms with E-state index in [4.69, 9.17) is 5.73 Å². The minimum absolute atomic E-state index is 0.417. The highest BCUT2D eigenvalue weighted by Gasteiger charge is 2.15. The maximum Gasteiger partial charge on any atom is 0.253 e. The van der Waals surface area contributed by atoms with Gasteiger partial charge in [0, 0.05) is 18.0 Å². The van der Waals surface area contributed by atoms with Crippen molar-refractivity contribution in [2.75, 3.05) is 12.4 Å². The maximum atomic E-state index is 11.4. The molecule has 0 aliphatic heterocycles. The number of carbonyl (C=O) groups is 1. The van der Waals surface area contributed by atoms with Crippen LogP contribution in [0.2, 0.25) is 0 Å². The highest BCUT2D eigenvalue weighted by molar-refractivity contribution is 6.11. The number of aryl methyl sites for hydroxylation is 1. The number of H-pyrrole nitrogens is 1. The number of fused-ring (bicyclic) bond motifs is 1. The molecular weight excluding hydrogens is 226 g/mol. The van der Waals surface area contributed by atoms with E-state index in [0.717, 1.165) is 17.3 Å². The van der Waals surface area contributed by atoms with Crippen LogP contribution in [-0.2, 0) is 6.42 Å². The smallest absolute Gasteiger partial charge is 0.253 e. The Morgan fingerprint density at radius 2 is 2.06 bits per heavy atom. The van der Waals surface area contributed by atoms with E-state index < -0.39 is 5.91 Å². The minimum atomic E-state index is -0.417. The van der Waals surface area contributed by atoms with Crippen LogP contribution in [0.3, 0.4) is 0 Å². The van der Waals surface area contributed by atoms with Crippen molar-refractivity contribution >= 4 is 22.6 Å². The van der Waals surface area contributed by atoms with Crippen LogP contribution in [-0.4, -0.2) is 17.9 Å². The van der Waals surface area contributed by atoms with Gasteiger partial charge < -0.3 is 16.0 Å². The van der Waals surface area contributed by atoms with Gasteiger partial charge >= 0.3 is 0 Å². The van der Waals surface area contributed by atoms with Crippen LogP contribution in [0.25, 0.3) is 10.9 Å². The van der Waals surface area contributed by atoms with Gasteiger partial charge in [-0.05, 0) is 18.1 Å². The van der Waals surface area contributed by atoms with Gasteiger partial charge in [0.25, 0.3) is 5.91 Å². The number of aromatic nitrogens is 1. The largest absolute Gasteiger partial charge is 0.374 e. The van der Waals surface area contributed by atoms with Crippen LogP contribution in [0.4, 0.5) is 5.82 Å². The van der Waals surface area contributed by atoms with Crippen LogP contribution < -0.4 is 11.1 Å². The number of benzene rings is 1. The van der Waals surface area contributed by atoms with Crippen molar-refractivity contribution in [2.24, 2.45) is 5.73 Å². The topological polar surface area (TPSA) is 70.9 Å². The summed E-state index contributed by atoms with van der Waals surface area (Å²) in [6.07, 6.45) is 0.968. The first-order valence-electron chi connectivity index (χ1n) is 6.29. The minimum Gasteiger partial charge on any atom is -0.374 e. The van der Waals surface area contributed by atoms with E-state index in [1.54, 1.807) is 7.05 Å². The zero-order valence-electron chi connectivity index (χ0n) is 11.4. The number of nitrogens with two attached hydrogens (primary N) is 1. The zero-order valence-corrected chi connectivity index (χ0v) is 11.4. The van der Waals surface area contributed by atoms with Gasteiger partial charge in [0.15, 0.2) is 0 Å². The van der Waals surface area contributed by atoms with Crippen LogP contribution in [0.1, 0.15) is 36.7 Å². The second kappa shape index (κ2) is 6.10. The first-order valence-corrected chi connectivity index (χ1v) is 6.29. The second-order valence-electron chi connectivity index (χ2n) is 3.72. The van der Waals surface area contributed by atoms with Crippen LogP contribution in [0.5, 0.6) is 0 Å². The molecule has 1 amide bonds. The maximum absolute atomic E-state index is 11.4. The number of hydrogen-bond acceptors (Lipinski definition) is 2. The lowest BCUT2D eigenvalue weighted by Crippen LogP contribution is -2.12. The van der Waals surface area contributed by atoms with Gasteiger partial charge in [-0.1, -0.05) is 32.9 Å². The monoisotopic (exact) mass is 247 g/mol. The van der Waals surface area contributed by atoms with Crippen LogP contribution in [0, 0.1) is 0 Å². The number of nitrogens with one attached hydrogen (secondary N) is 2. The van der Waals surface area contributed by atoms with E-state index in [2.05, 4.69) is 17.2 Å². The quantitative estimate of drug-likeness (QED) is 0.780. The third kappa shape index (κ3) is 2.47. The molecule has 0 unspecified atom stereocenters. The first-order chi connectivity index (χ1) is 8.67. The van der Waals surface area contributed by atoms with Gasteiger partial charge in [-0.25, -0.2) is 0 Å². The lowest BCUT2D eigenvalue weighted by molar-refractivity contribution is 0.100. The van der Waals surface area contributed by atoms with E-state index in [0.29, 0.717) is 11.4 Å². The van der Waals surface area contributed by atoms with Gasteiger partial charge in [-0.15, -0.1) is 0 Å². The normalized spacial score (nSPS) is 9.78. The lowest BCUT2D eigenvalue weighted by Gasteiger charge is -1.98. The number of carbonyl (C=O) groups excluding carboxylic acids is 1. The Morgan fingerprint density at radius 1 is 1.39 bits per heavy atom. The molecular formula is C14H21N3O. The molecule has 1 aromatic carbocycles. The van der Waals surface area contributed by atoms with Gasteiger partial charge in [0.1, 0.15) is 5.82 Å². The summed E-state index contributed by atoms with van der Waals surface area (Å²) in [5.41, 5.74) is 8.07. The standard InChI is InChI=1S/C12H15N3O.C2H6/c1-3-7-4-5-8-9(6-7)15-12(14-2)10(8)11(13)16;1-2/h4-6,14-15H,3H2,1-2H3,(H2,13,16);1-2H3. The van der Waals surface area contributed by atoms with Crippen molar-refractivity contribution in [2.45, 2.75) is 27.2 Å². The third-order valence-electron chi connectivity index (χ3n) is 2.77. The van der Waals surface area contributed by atoms with Gasteiger partial charge in [0.05, 0.1) is 5.56 Å².